The first-order valence-corrected chi connectivity index (χ1v) is 9.67. The number of nitrogens with one attached hydrogen (secondary N) is 2. The molecule has 0 saturated carbocycles. The zero-order chi connectivity index (χ0) is 19.7. The summed E-state index contributed by atoms with van der Waals surface area (Å²) in [5, 5.41) is 4.41. The van der Waals surface area contributed by atoms with E-state index in [4.69, 9.17) is 33.8 Å². The molecule has 0 fully saturated rings. The van der Waals surface area contributed by atoms with Crippen LogP contribution >= 0.6 is 34.5 Å². The SMILES string of the molecule is Cc1cc2nc(NN)sc2c(C)c1NC(=O)C(C)Oc1ccc(Cl)cc1Cl. The summed E-state index contributed by atoms with van der Waals surface area (Å²) in [6.07, 6.45) is -0.749. The van der Waals surface area contributed by atoms with Crippen molar-refractivity contribution < 1.29 is 9.53 Å². The van der Waals surface area contributed by atoms with E-state index >= 15 is 0 Å². The van der Waals surface area contributed by atoms with Crippen LogP contribution in [0.1, 0.15) is 18.1 Å². The zero-order valence-corrected chi connectivity index (χ0v) is 17.2. The summed E-state index contributed by atoms with van der Waals surface area (Å²) in [7, 11) is 0. The second-order valence-corrected chi connectivity index (χ2v) is 7.87. The van der Waals surface area contributed by atoms with Gasteiger partial charge in [0.15, 0.2) is 11.2 Å². The molecular weight excluding hydrogens is 407 g/mol. The van der Waals surface area contributed by atoms with Crippen LogP contribution in [0.25, 0.3) is 10.2 Å². The number of nitrogens with two attached hydrogens (primary N) is 1. The van der Waals surface area contributed by atoms with Crippen LogP contribution < -0.4 is 21.3 Å². The molecule has 3 rings (SSSR count). The number of hydrogen-bond acceptors (Lipinski definition) is 6. The fourth-order valence-electron chi connectivity index (χ4n) is 2.68. The predicted molar refractivity (Wildman–Crippen MR) is 112 cm³/mol. The Bertz CT molecular complexity index is 1020. The number of nitrogens with zero attached hydrogens (tertiary/aromatic N) is 1. The van der Waals surface area contributed by atoms with Crippen LogP contribution in [-0.4, -0.2) is 17.0 Å². The van der Waals surface area contributed by atoms with E-state index in [9.17, 15) is 4.79 Å². The molecule has 1 atom stereocenters. The summed E-state index contributed by atoms with van der Waals surface area (Å²) < 4.78 is 6.64. The fraction of sp³-hybridized carbons (Fsp3) is 0.222. The topological polar surface area (TPSA) is 89.3 Å². The van der Waals surface area contributed by atoms with Crippen LogP contribution in [0.3, 0.4) is 0 Å². The molecular formula is C18H18Cl2N4O2S. The Hall–Kier alpha value is -2.06. The monoisotopic (exact) mass is 424 g/mol. The molecule has 0 saturated heterocycles. The third kappa shape index (κ3) is 4.11. The molecule has 4 N–H and O–H groups in total. The van der Waals surface area contributed by atoms with Crippen molar-refractivity contribution in [2.24, 2.45) is 5.84 Å². The Morgan fingerprint density at radius 1 is 1.30 bits per heavy atom. The molecule has 1 unspecified atom stereocenters. The number of halogens is 2. The van der Waals surface area contributed by atoms with E-state index in [1.165, 1.54) is 11.3 Å². The summed E-state index contributed by atoms with van der Waals surface area (Å²) in [4.78, 5) is 17.0. The maximum atomic E-state index is 12.6. The molecule has 0 aliphatic carbocycles. The average molecular weight is 425 g/mol. The fourth-order valence-corrected chi connectivity index (χ4v) is 3.99. The highest BCUT2D eigenvalue weighted by molar-refractivity contribution is 7.22. The minimum atomic E-state index is -0.749. The van der Waals surface area contributed by atoms with Crippen LogP contribution in [0.15, 0.2) is 24.3 Å². The van der Waals surface area contributed by atoms with E-state index in [1.54, 1.807) is 25.1 Å². The number of hydrazine groups is 1. The van der Waals surface area contributed by atoms with Gasteiger partial charge in [-0.25, -0.2) is 10.8 Å². The third-order valence-electron chi connectivity index (χ3n) is 4.06. The van der Waals surface area contributed by atoms with Crippen LogP contribution in [0.5, 0.6) is 5.75 Å². The van der Waals surface area contributed by atoms with Gasteiger partial charge >= 0.3 is 0 Å². The molecule has 0 radical (unpaired) electrons. The van der Waals surface area contributed by atoms with Crippen molar-refractivity contribution in [2.75, 3.05) is 10.7 Å². The molecule has 1 amide bonds. The average Bonchev–Trinajstić information content (AvgIpc) is 3.04. The van der Waals surface area contributed by atoms with Gasteiger partial charge in [0.1, 0.15) is 5.75 Å². The molecule has 0 aliphatic heterocycles. The summed E-state index contributed by atoms with van der Waals surface area (Å²) in [6.45, 7) is 5.51. The lowest BCUT2D eigenvalue weighted by Crippen LogP contribution is -2.30. The number of ether oxygens (including phenoxy) is 1. The van der Waals surface area contributed by atoms with Crippen molar-refractivity contribution in [2.45, 2.75) is 26.9 Å². The van der Waals surface area contributed by atoms with Gasteiger partial charge in [-0.1, -0.05) is 34.5 Å². The number of hydrogen-bond donors (Lipinski definition) is 3. The van der Waals surface area contributed by atoms with Gasteiger partial charge in [-0.05, 0) is 56.2 Å². The summed E-state index contributed by atoms with van der Waals surface area (Å²) >= 11 is 13.4. The number of anilines is 2. The number of fused-ring (bicyclic) bond motifs is 1. The van der Waals surface area contributed by atoms with Gasteiger partial charge < -0.3 is 10.1 Å². The van der Waals surface area contributed by atoms with Crippen LogP contribution in [0.4, 0.5) is 10.8 Å². The molecule has 0 bridgehead atoms. The molecule has 1 aromatic heterocycles. The second kappa shape index (κ2) is 7.90. The van der Waals surface area contributed by atoms with Crippen molar-refractivity contribution in [3.05, 3.63) is 45.4 Å². The molecule has 6 nitrogen and oxygen atoms in total. The van der Waals surface area contributed by atoms with Crippen molar-refractivity contribution in [1.82, 2.24) is 4.98 Å². The Morgan fingerprint density at radius 2 is 2.04 bits per heavy atom. The van der Waals surface area contributed by atoms with Crippen LogP contribution in [0, 0.1) is 13.8 Å². The first-order valence-electron chi connectivity index (χ1n) is 8.10. The molecule has 0 spiro atoms. The number of amides is 1. The minimum absolute atomic E-state index is 0.284. The standard InChI is InChI=1S/C18H18Cl2N4O2S/c1-8-6-13-16(27-18(22-13)24-21)9(2)15(8)23-17(25)10(3)26-14-5-4-11(19)7-12(14)20/h4-7,10H,21H2,1-3H3,(H,22,24)(H,23,25). The highest BCUT2D eigenvalue weighted by atomic mass is 35.5. The van der Waals surface area contributed by atoms with Crippen molar-refractivity contribution in [3.63, 3.8) is 0 Å². The van der Waals surface area contributed by atoms with E-state index in [2.05, 4.69) is 15.7 Å². The van der Waals surface area contributed by atoms with Crippen LogP contribution in [0.2, 0.25) is 10.0 Å². The third-order valence-corrected chi connectivity index (χ3v) is 5.71. The lowest BCUT2D eigenvalue weighted by atomic mass is 10.1. The first kappa shape index (κ1) is 19.7. The number of carbonyl (C=O) groups excluding carboxylic acids is 1. The number of thiazole rings is 1. The van der Waals surface area contributed by atoms with Gasteiger partial charge in [-0.3, -0.25) is 10.2 Å². The molecule has 3 aromatic rings. The van der Waals surface area contributed by atoms with E-state index in [1.807, 2.05) is 19.9 Å². The summed E-state index contributed by atoms with van der Waals surface area (Å²) in [6, 6.07) is 6.77. The van der Waals surface area contributed by atoms with Crippen LogP contribution in [-0.2, 0) is 4.79 Å². The van der Waals surface area contributed by atoms with Gasteiger partial charge in [0.05, 0.1) is 15.2 Å². The Kier molecular flexibility index (Phi) is 5.76. The molecule has 9 heteroatoms. The van der Waals surface area contributed by atoms with Gasteiger partial charge in [-0.2, -0.15) is 0 Å². The Balaban J connectivity index is 1.82. The zero-order valence-electron chi connectivity index (χ0n) is 14.9. The summed E-state index contributed by atoms with van der Waals surface area (Å²) in [5.41, 5.74) is 5.95. The van der Waals surface area contributed by atoms with Gasteiger partial charge in [0, 0.05) is 10.7 Å². The molecule has 0 aliphatic rings. The molecule has 1 heterocycles. The van der Waals surface area contributed by atoms with Gasteiger partial charge in [0.25, 0.3) is 5.91 Å². The molecule has 2 aromatic carbocycles. The Morgan fingerprint density at radius 3 is 2.70 bits per heavy atom. The normalized spacial score (nSPS) is 12.1. The number of aryl methyl sites for hydroxylation is 2. The number of rotatable bonds is 5. The first-order chi connectivity index (χ1) is 12.8. The van der Waals surface area contributed by atoms with E-state index in [0.717, 1.165) is 27.0 Å². The lowest BCUT2D eigenvalue weighted by Gasteiger charge is -2.18. The Labute approximate surface area is 170 Å². The maximum Gasteiger partial charge on any atom is 0.265 e. The molecule has 142 valence electrons. The highest BCUT2D eigenvalue weighted by Crippen LogP contribution is 2.35. The number of aromatic nitrogens is 1. The van der Waals surface area contributed by atoms with E-state index < -0.39 is 6.10 Å². The summed E-state index contributed by atoms with van der Waals surface area (Å²) in [5.74, 6) is 5.56. The van der Waals surface area contributed by atoms with Gasteiger partial charge in [0.2, 0.25) is 0 Å². The number of nitrogen functional groups attached to an aromatic ring is 1. The largest absolute Gasteiger partial charge is 0.479 e. The predicted octanol–water partition coefficient (Wildman–Crippen LogP) is 4.91. The van der Waals surface area contributed by atoms with Crippen molar-refractivity contribution >= 4 is 61.5 Å². The second-order valence-electron chi connectivity index (χ2n) is 6.03. The smallest absolute Gasteiger partial charge is 0.265 e. The highest BCUT2D eigenvalue weighted by Gasteiger charge is 2.20. The van der Waals surface area contributed by atoms with E-state index in [-0.39, 0.29) is 5.91 Å². The lowest BCUT2D eigenvalue weighted by molar-refractivity contribution is -0.122. The van der Waals surface area contributed by atoms with Crippen molar-refractivity contribution in [1.29, 1.82) is 0 Å². The van der Waals surface area contributed by atoms with Crippen molar-refractivity contribution in [3.8, 4) is 5.75 Å². The quantitative estimate of drug-likeness (QED) is 0.399. The minimum Gasteiger partial charge on any atom is -0.479 e. The van der Waals surface area contributed by atoms with E-state index in [0.29, 0.717) is 20.9 Å². The maximum absolute atomic E-state index is 12.6. The number of benzene rings is 2. The number of carbonyl (C=O) groups is 1. The van der Waals surface area contributed by atoms with Gasteiger partial charge in [-0.15, -0.1) is 0 Å². The molecule has 27 heavy (non-hydrogen) atoms.